The van der Waals surface area contributed by atoms with Gasteiger partial charge in [-0.3, -0.25) is 4.79 Å². The van der Waals surface area contributed by atoms with Gasteiger partial charge in [0.15, 0.2) is 0 Å². The topological polar surface area (TPSA) is 68.2 Å². The van der Waals surface area contributed by atoms with Gasteiger partial charge in [0.05, 0.1) is 16.1 Å². The zero-order valence-corrected chi connectivity index (χ0v) is 16.3. The van der Waals surface area contributed by atoms with Crippen LogP contribution in [0, 0.1) is 5.92 Å². The smallest absolute Gasteiger partial charge is 0.268 e. The molecule has 26 heavy (non-hydrogen) atoms. The highest BCUT2D eigenvalue weighted by Gasteiger charge is 2.27. The number of aromatic nitrogens is 1. The highest BCUT2D eigenvalue weighted by Crippen LogP contribution is 2.33. The van der Waals surface area contributed by atoms with Gasteiger partial charge in [-0.2, -0.15) is 0 Å². The minimum Gasteiger partial charge on any atom is -0.324 e. The average Bonchev–Trinajstić information content (AvgIpc) is 2.92. The van der Waals surface area contributed by atoms with Crippen molar-refractivity contribution in [1.29, 1.82) is 0 Å². The van der Waals surface area contributed by atoms with Crippen LogP contribution >= 0.6 is 15.9 Å². The third kappa shape index (κ3) is 2.95. The van der Waals surface area contributed by atoms with Crippen LogP contribution in [0.2, 0.25) is 0 Å². The summed E-state index contributed by atoms with van der Waals surface area (Å²) in [4.78, 5) is 12.6. The quantitative estimate of drug-likeness (QED) is 0.664. The largest absolute Gasteiger partial charge is 0.324 e. The monoisotopic (exact) mass is 432 g/mol. The summed E-state index contributed by atoms with van der Waals surface area (Å²) in [6.45, 7) is 0. The first-order valence-corrected chi connectivity index (χ1v) is 10.6. The summed E-state index contributed by atoms with van der Waals surface area (Å²) < 4.78 is 28.2. The molecule has 2 aromatic carbocycles. The van der Waals surface area contributed by atoms with Crippen molar-refractivity contribution in [3.8, 4) is 0 Å². The molecule has 1 heterocycles. The molecule has 1 saturated carbocycles. The Morgan fingerprint density at radius 3 is 2.50 bits per heavy atom. The summed E-state index contributed by atoms with van der Waals surface area (Å²) in [5.41, 5.74) is 1.04. The van der Waals surface area contributed by atoms with Gasteiger partial charge in [0, 0.05) is 22.0 Å². The van der Waals surface area contributed by atoms with E-state index in [1.54, 1.807) is 42.5 Å². The summed E-state index contributed by atoms with van der Waals surface area (Å²) in [7, 11) is -3.76. The number of nitrogens with zero attached hydrogens (tertiary/aromatic N) is 1. The van der Waals surface area contributed by atoms with Gasteiger partial charge in [-0.15, -0.1) is 0 Å². The molecule has 1 N–H and O–H groups in total. The number of hydrogen-bond acceptors (Lipinski definition) is 3. The van der Waals surface area contributed by atoms with E-state index in [-0.39, 0.29) is 16.7 Å². The molecule has 3 aromatic rings. The van der Waals surface area contributed by atoms with E-state index in [4.69, 9.17) is 0 Å². The van der Waals surface area contributed by atoms with Gasteiger partial charge in [0.2, 0.25) is 5.91 Å². The van der Waals surface area contributed by atoms with Crippen LogP contribution in [0.3, 0.4) is 0 Å². The summed E-state index contributed by atoms with van der Waals surface area (Å²) >= 11 is 3.42. The van der Waals surface area contributed by atoms with Crippen LogP contribution in [-0.2, 0) is 14.8 Å². The SMILES string of the molecule is O=C(Nc1cn(S(=O)(=O)c2ccccc2)c2ccc(Br)cc12)C1CCC1. The molecule has 0 aliphatic heterocycles. The molecule has 1 aromatic heterocycles. The molecule has 0 atom stereocenters. The van der Waals surface area contributed by atoms with E-state index in [9.17, 15) is 13.2 Å². The Kier molecular flexibility index (Phi) is 4.36. The van der Waals surface area contributed by atoms with E-state index >= 15 is 0 Å². The van der Waals surface area contributed by atoms with Crippen molar-refractivity contribution in [2.24, 2.45) is 5.92 Å². The Labute approximate surface area is 160 Å². The average molecular weight is 433 g/mol. The number of carbonyl (C=O) groups is 1. The number of rotatable bonds is 4. The fourth-order valence-electron chi connectivity index (χ4n) is 3.08. The molecule has 1 fully saturated rings. The number of hydrogen-bond donors (Lipinski definition) is 1. The van der Waals surface area contributed by atoms with Gasteiger partial charge >= 0.3 is 0 Å². The Balaban J connectivity index is 1.84. The maximum absolute atomic E-state index is 13.1. The molecule has 0 unspecified atom stereocenters. The maximum atomic E-state index is 13.1. The first-order valence-electron chi connectivity index (χ1n) is 8.39. The lowest BCUT2D eigenvalue weighted by molar-refractivity contribution is -0.122. The maximum Gasteiger partial charge on any atom is 0.268 e. The molecule has 0 spiro atoms. The molecular weight excluding hydrogens is 416 g/mol. The van der Waals surface area contributed by atoms with Crippen LogP contribution in [0.25, 0.3) is 10.9 Å². The molecule has 7 heteroatoms. The third-order valence-electron chi connectivity index (χ3n) is 4.77. The van der Waals surface area contributed by atoms with Crippen molar-refractivity contribution in [3.05, 3.63) is 59.2 Å². The molecule has 1 aliphatic rings. The Hall–Kier alpha value is -2.12. The van der Waals surface area contributed by atoms with Crippen LogP contribution in [0.15, 0.2) is 64.1 Å². The third-order valence-corrected chi connectivity index (χ3v) is 6.95. The normalized spacial score (nSPS) is 15.0. The minimum absolute atomic E-state index is 0.0197. The van der Waals surface area contributed by atoms with Gasteiger partial charge in [-0.1, -0.05) is 40.5 Å². The molecular formula is C19H17BrN2O3S. The van der Waals surface area contributed by atoms with E-state index < -0.39 is 10.0 Å². The number of nitrogens with one attached hydrogen (secondary N) is 1. The first kappa shape index (κ1) is 17.3. The van der Waals surface area contributed by atoms with Crippen LogP contribution in [0.5, 0.6) is 0 Å². The summed E-state index contributed by atoms with van der Waals surface area (Å²) in [5.74, 6) is -0.0290. The predicted octanol–water partition coefficient (Wildman–Crippen LogP) is 4.38. The second-order valence-corrected chi connectivity index (χ2v) is 9.17. The molecule has 1 aliphatic carbocycles. The van der Waals surface area contributed by atoms with Crippen molar-refractivity contribution in [1.82, 2.24) is 3.97 Å². The fraction of sp³-hybridized carbons (Fsp3) is 0.211. The predicted molar refractivity (Wildman–Crippen MR) is 105 cm³/mol. The Morgan fingerprint density at radius 2 is 1.85 bits per heavy atom. The van der Waals surface area contributed by atoms with Gasteiger partial charge in [0.1, 0.15) is 0 Å². The van der Waals surface area contributed by atoms with E-state index in [1.807, 2.05) is 6.07 Å². The number of amides is 1. The lowest BCUT2D eigenvalue weighted by Gasteiger charge is -2.23. The van der Waals surface area contributed by atoms with E-state index in [2.05, 4.69) is 21.2 Å². The van der Waals surface area contributed by atoms with Crippen molar-refractivity contribution < 1.29 is 13.2 Å². The van der Waals surface area contributed by atoms with E-state index in [0.717, 1.165) is 23.7 Å². The van der Waals surface area contributed by atoms with Crippen LogP contribution in [0.1, 0.15) is 19.3 Å². The van der Waals surface area contributed by atoms with Crippen LogP contribution < -0.4 is 5.32 Å². The number of halogens is 1. The molecule has 0 bridgehead atoms. The van der Waals surface area contributed by atoms with Gasteiger partial charge in [-0.05, 0) is 43.2 Å². The summed E-state index contributed by atoms with van der Waals surface area (Å²) in [6.07, 6.45) is 4.33. The van der Waals surface area contributed by atoms with Crippen molar-refractivity contribution in [2.75, 3.05) is 5.32 Å². The molecule has 0 radical (unpaired) electrons. The van der Waals surface area contributed by atoms with Gasteiger partial charge in [-0.25, -0.2) is 12.4 Å². The summed E-state index contributed by atoms with van der Waals surface area (Å²) in [6, 6.07) is 13.6. The van der Waals surface area contributed by atoms with Crippen molar-refractivity contribution >= 4 is 48.5 Å². The highest BCUT2D eigenvalue weighted by molar-refractivity contribution is 9.10. The summed E-state index contributed by atoms with van der Waals surface area (Å²) in [5, 5.41) is 3.60. The molecule has 5 nitrogen and oxygen atoms in total. The van der Waals surface area contributed by atoms with Crippen molar-refractivity contribution in [2.45, 2.75) is 24.2 Å². The highest BCUT2D eigenvalue weighted by atomic mass is 79.9. The van der Waals surface area contributed by atoms with Crippen LogP contribution in [-0.4, -0.2) is 18.3 Å². The number of benzene rings is 2. The fourth-order valence-corrected chi connectivity index (χ4v) is 4.83. The second kappa shape index (κ2) is 6.55. The molecule has 1 amide bonds. The zero-order chi connectivity index (χ0) is 18.3. The number of carbonyl (C=O) groups excluding carboxylic acids is 1. The van der Waals surface area contributed by atoms with Gasteiger partial charge in [0.25, 0.3) is 10.0 Å². The van der Waals surface area contributed by atoms with Gasteiger partial charge < -0.3 is 5.32 Å². The number of fused-ring (bicyclic) bond motifs is 1. The molecule has 4 rings (SSSR count). The van der Waals surface area contributed by atoms with E-state index in [0.29, 0.717) is 16.6 Å². The van der Waals surface area contributed by atoms with E-state index in [1.165, 1.54) is 10.2 Å². The molecule has 0 saturated heterocycles. The lowest BCUT2D eigenvalue weighted by Crippen LogP contribution is -2.27. The minimum atomic E-state index is -3.76. The number of anilines is 1. The van der Waals surface area contributed by atoms with Crippen LogP contribution in [0.4, 0.5) is 5.69 Å². The van der Waals surface area contributed by atoms with Crippen molar-refractivity contribution in [3.63, 3.8) is 0 Å². The molecule has 134 valence electrons. The Morgan fingerprint density at radius 1 is 1.12 bits per heavy atom. The first-order chi connectivity index (χ1) is 12.5. The standard InChI is InChI=1S/C19H17BrN2O3S/c20-14-9-10-18-16(11-14)17(21-19(23)13-5-4-6-13)12-22(18)26(24,25)15-7-2-1-3-8-15/h1-3,7-13H,4-6H2,(H,21,23). The lowest BCUT2D eigenvalue weighted by atomic mass is 9.85. The zero-order valence-electron chi connectivity index (χ0n) is 13.9. The Bertz CT molecular complexity index is 1090. The second-order valence-electron chi connectivity index (χ2n) is 6.44.